The van der Waals surface area contributed by atoms with Crippen LogP contribution in [0.3, 0.4) is 0 Å². The van der Waals surface area contributed by atoms with Crippen LogP contribution in [0.1, 0.15) is 24.0 Å². The summed E-state index contributed by atoms with van der Waals surface area (Å²) in [5.41, 5.74) is 1.84. The summed E-state index contributed by atoms with van der Waals surface area (Å²) in [6, 6.07) is 14.4. The zero-order valence-electron chi connectivity index (χ0n) is 14.2. The molecule has 0 amide bonds. The first-order chi connectivity index (χ1) is 12.9. The summed E-state index contributed by atoms with van der Waals surface area (Å²) >= 11 is 0. The van der Waals surface area contributed by atoms with Crippen molar-refractivity contribution in [3.8, 4) is 6.07 Å². The maximum Gasteiger partial charge on any atom is 0.269 e. The van der Waals surface area contributed by atoms with Crippen LogP contribution < -0.4 is 0 Å². The predicted octanol–water partition coefficient (Wildman–Crippen LogP) is 3.45. The van der Waals surface area contributed by atoms with Crippen LogP contribution >= 0.6 is 0 Å². The van der Waals surface area contributed by atoms with E-state index in [4.69, 9.17) is 0 Å². The second-order valence-corrected chi connectivity index (χ2v) is 8.29. The second kappa shape index (κ2) is 5.86. The van der Waals surface area contributed by atoms with Crippen molar-refractivity contribution in [2.24, 2.45) is 10.9 Å². The highest BCUT2D eigenvalue weighted by molar-refractivity contribution is 7.96. The number of nitro benzene ring substituents is 1. The van der Waals surface area contributed by atoms with Crippen LogP contribution in [0, 0.1) is 27.4 Å². The van der Waals surface area contributed by atoms with E-state index in [1.165, 1.54) is 30.3 Å². The van der Waals surface area contributed by atoms with Crippen LogP contribution in [0.2, 0.25) is 0 Å². The Morgan fingerprint density at radius 2 is 1.81 bits per heavy atom. The predicted molar refractivity (Wildman–Crippen MR) is 98.6 cm³/mol. The van der Waals surface area contributed by atoms with Gasteiger partial charge in [-0.3, -0.25) is 15.1 Å². The topological polar surface area (TPSA) is 113 Å². The zero-order chi connectivity index (χ0) is 19.3. The monoisotopic (exact) mass is 379 g/mol. The van der Waals surface area contributed by atoms with Crippen molar-refractivity contribution in [2.75, 3.05) is 0 Å². The molecule has 7 nitrogen and oxygen atoms in total. The van der Waals surface area contributed by atoms with E-state index >= 15 is 0 Å². The third kappa shape index (κ3) is 2.39. The zero-order valence-corrected chi connectivity index (χ0v) is 15.0. The molecule has 2 atom stereocenters. The quantitative estimate of drug-likeness (QED) is 0.586. The molecule has 1 unspecified atom stereocenters. The summed E-state index contributed by atoms with van der Waals surface area (Å²) in [6.07, 6.45) is 0. The number of nitriles is 1. The third-order valence-electron chi connectivity index (χ3n) is 4.91. The minimum atomic E-state index is -3.81. The van der Waals surface area contributed by atoms with Crippen LogP contribution in [-0.2, 0) is 9.84 Å². The van der Waals surface area contributed by atoms with Gasteiger partial charge in [0.25, 0.3) is 5.69 Å². The average molecular weight is 379 g/mol. The minimum absolute atomic E-state index is 0.0923. The lowest BCUT2D eigenvalue weighted by Gasteiger charge is -2.27. The van der Waals surface area contributed by atoms with E-state index < -0.39 is 26.6 Å². The largest absolute Gasteiger partial charge is 0.269 e. The molecule has 134 valence electrons. The number of rotatable bonds is 2. The molecule has 0 aliphatic carbocycles. The Kier molecular flexibility index (Phi) is 3.71. The van der Waals surface area contributed by atoms with E-state index in [1.807, 2.05) is 0 Å². The number of aliphatic imine (C=N–C) groups is 1. The molecule has 27 heavy (non-hydrogen) atoms. The summed E-state index contributed by atoms with van der Waals surface area (Å²) in [5, 5.41) is 20.6. The molecule has 0 bridgehead atoms. The van der Waals surface area contributed by atoms with Crippen molar-refractivity contribution in [3.63, 3.8) is 0 Å². The van der Waals surface area contributed by atoms with Gasteiger partial charge in [-0.1, -0.05) is 30.3 Å². The first-order valence-corrected chi connectivity index (χ1v) is 9.62. The Balaban J connectivity index is 1.97. The lowest BCUT2D eigenvalue weighted by Crippen LogP contribution is -2.26. The highest BCUT2D eigenvalue weighted by atomic mass is 32.2. The molecule has 2 aromatic rings. The number of nitro groups is 1. The van der Waals surface area contributed by atoms with Crippen molar-refractivity contribution < 1.29 is 13.3 Å². The molecule has 0 fully saturated rings. The van der Waals surface area contributed by atoms with Gasteiger partial charge in [0.15, 0.2) is 0 Å². The van der Waals surface area contributed by atoms with Gasteiger partial charge in [0.05, 0.1) is 32.4 Å². The standard InChI is InChI=1S/C19H13N3O4S/c1-11-15(10-20)17(12-6-8-13(9-7-12)22(23)24)19-18(21-11)14-4-2-3-5-16(14)27(19,25)26/h2-9,15,17H,1H3/t15?,17-/m0/s1. The maximum atomic E-state index is 13.2. The molecule has 0 N–H and O–H groups in total. The number of fused-ring (bicyclic) bond motifs is 2. The normalized spacial score (nSPS) is 22.4. The molecule has 0 saturated carbocycles. The molecule has 2 aliphatic rings. The second-order valence-electron chi connectivity index (χ2n) is 6.40. The van der Waals surface area contributed by atoms with Crippen molar-refractivity contribution in [1.29, 1.82) is 5.26 Å². The number of sulfone groups is 1. The Morgan fingerprint density at radius 3 is 2.44 bits per heavy atom. The molecule has 2 heterocycles. The number of hydrogen-bond donors (Lipinski definition) is 0. The first kappa shape index (κ1) is 17.1. The van der Waals surface area contributed by atoms with Crippen LogP contribution in [0.25, 0.3) is 5.70 Å². The fraction of sp³-hybridized carbons (Fsp3) is 0.158. The number of allylic oxidation sites excluding steroid dienone is 1. The highest BCUT2D eigenvalue weighted by Crippen LogP contribution is 2.51. The minimum Gasteiger partial charge on any atom is -0.258 e. The summed E-state index contributed by atoms with van der Waals surface area (Å²) in [7, 11) is -3.81. The Morgan fingerprint density at radius 1 is 1.15 bits per heavy atom. The number of hydrogen-bond acceptors (Lipinski definition) is 6. The van der Waals surface area contributed by atoms with E-state index in [9.17, 15) is 23.8 Å². The smallest absolute Gasteiger partial charge is 0.258 e. The number of non-ortho nitro benzene ring substituents is 1. The van der Waals surface area contributed by atoms with Crippen LogP contribution in [0.4, 0.5) is 5.69 Å². The van der Waals surface area contributed by atoms with Gasteiger partial charge in [-0.05, 0) is 18.6 Å². The Hall–Kier alpha value is -3.31. The van der Waals surface area contributed by atoms with Gasteiger partial charge >= 0.3 is 0 Å². The molecule has 2 aliphatic heterocycles. The van der Waals surface area contributed by atoms with Gasteiger partial charge in [-0.15, -0.1) is 0 Å². The summed E-state index contributed by atoms with van der Waals surface area (Å²) in [6.45, 7) is 1.70. The van der Waals surface area contributed by atoms with Gasteiger partial charge in [-0.2, -0.15) is 5.26 Å². The highest BCUT2D eigenvalue weighted by Gasteiger charge is 2.46. The summed E-state index contributed by atoms with van der Waals surface area (Å²) < 4.78 is 26.4. The van der Waals surface area contributed by atoms with Crippen molar-refractivity contribution in [1.82, 2.24) is 0 Å². The summed E-state index contributed by atoms with van der Waals surface area (Å²) in [5.74, 6) is -1.53. The van der Waals surface area contributed by atoms with Gasteiger partial charge < -0.3 is 0 Å². The van der Waals surface area contributed by atoms with E-state index in [0.29, 0.717) is 22.5 Å². The van der Waals surface area contributed by atoms with Crippen molar-refractivity contribution >= 4 is 26.9 Å². The molecule has 4 rings (SSSR count). The molecule has 0 spiro atoms. The lowest BCUT2D eigenvalue weighted by atomic mass is 9.81. The number of benzene rings is 2. The van der Waals surface area contributed by atoms with Gasteiger partial charge in [0.1, 0.15) is 0 Å². The van der Waals surface area contributed by atoms with E-state index in [1.54, 1.807) is 25.1 Å². The molecular formula is C19H13N3O4S. The molecule has 0 aromatic heterocycles. The molecular weight excluding hydrogens is 366 g/mol. The third-order valence-corrected chi connectivity index (χ3v) is 6.87. The van der Waals surface area contributed by atoms with E-state index in [0.717, 1.165) is 0 Å². The summed E-state index contributed by atoms with van der Waals surface area (Å²) in [4.78, 5) is 15.1. The van der Waals surface area contributed by atoms with Crippen molar-refractivity contribution in [2.45, 2.75) is 17.7 Å². The lowest BCUT2D eigenvalue weighted by molar-refractivity contribution is -0.384. The average Bonchev–Trinajstić information content (AvgIpc) is 2.88. The molecule has 0 saturated heterocycles. The SMILES string of the molecule is CC1=NC2=C([C@@H](c3ccc([N+](=O)[O-])cc3)C1C#N)S(=O)(=O)c1ccccc12. The van der Waals surface area contributed by atoms with Crippen LogP contribution in [0.5, 0.6) is 0 Å². The molecule has 8 heteroatoms. The van der Waals surface area contributed by atoms with Crippen molar-refractivity contribution in [3.05, 3.63) is 74.7 Å². The maximum absolute atomic E-state index is 13.2. The molecule has 2 aromatic carbocycles. The number of nitrogens with zero attached hydrogens (tertiary/aromatic N) is 3. The molecule has 0 radical (unpaired) electrons. The fourth-order valence-corrected chi connectivity index (χ4v) is 5.62. The van der Waals surface area contributed by atoms with Crippen LogP contribution in [0.15, 0.2) is 63.3 Å². The Labute approximate surface area is 155 Å². The van der Waals surface area contributed by atoms with E-state index in [-0.39, 0.29) is 15.5 Å². The van der Waals surface area contributed by atoms with Gasteiger partial charge in [-0.25, -0.2) is 8.42 Å². The fourth-order valence-electron chi connectivity index (χ4n) is 3.66. The van der Waals surface area contributed by atoms with Gasteiger partial charge in [0, 0.05) is 29.3 Å². The van der Waals surface area contributed by atoms with Crippen LogP contribution in [-0.4, -0.2) is 19.1 Å². The first-order valence-electron chi connectivity index (χ1n) is 8.14. The van der Waals surface area contributed by atoms with E-state index in [2.05, 4.69) is 11.1 Å². The van der Waals surface area contributed by atoms with Gasteiger partial charge in [0.2, 0.25) is 9.84 Å². The Bertz CT molecular complexity index is 1190.